The van der Waals surface area contributed by atoms with Gasteiger partial charge in [-0.2, -0.15) is 5.10 Å². The molecule has 2 amide bonds. The van der Waals surface area contributed by atoms with Gasteiger partial charge in [-0.3, -0.25) is 14.3 Å². The van der Waals surface area contributed by atoms with E-state index in [1.165, 1.54) is 6.42 Å². The molecule has 2 aliphatic rings. The van der Waals surface area contributed by atoms with Crippen LogP contribution in [0.3, 0.4) is 0 Å². The number of rotatable bonds is 8. The maximum atomic E-state index is 13.4. The Hall–Kier alpha value is -2.25. The van der Waals surface area contributed by atoms with Crippen molar-refractivity contribution in [3.05, 3.63) is 46.2 Å². The summed E-state index contributed by atoms with van der Waals surface area (Å²) < 4.78 is 7.89. The lowest BCUT2D eigenvalue weighted by molar-refractivity contribution is -0.136. The Balaban J connectivity index is 1.54. The Bertz CT molecular complexity index is 1040. The number of ether oxygens (including phenoxy) is 1. The lowest BCUT2D eigenvalue weighted by Gasteiger charge is -2.43. The summed E-state index contributed by atoms with van der Waals surface area (Å²) in [4.78, 5) is 30.5. The molecule has 35 heavy (non-hydrogen) atoms. The van der Waals surface area contributed by atoms with Crippen LogP contribution >= 0.6 is 23.2 Å². The average Bonchev–Trinajstić information content (AvgIpc) is 3.23. The first-order chi connectivity index (χ1) is 16.9. The highest BCUT2D eigenvalue weighted by molar-refractivity contribution is 6.33. The molecule has 0 saturated carbocycles. The Kier molecular flexibility index (Phi) is 8.60. The summed E-state index contributed by atoms with van der Waals surface area (Å²) in [5.74, 6) is 0.605. The van der Waals surface area contributed by atoms with Gasteiger partial charge in [0.25, 0.3) is 5.91 Å². The van der Waals surface area contributed by atoms with E-state index in [1.54, 1.807) is 27.9 Å². The SMILES string of the molecule is CCCn1cc(Cl)c(C(=O)N2CCC[C@@](COc3cccc(Cl)c3)(CC(=O)N3CCCCC3)C2)n1. The average molecular weight is 521 g/mol. The second-order valence-corrected chi connectivity index (χ2v) is 10.6. The number of hydrogen-bond donors (Lipinski definition) is 0. The van der Waals surface area contributed by atoms with Gasteiger partial charge in [-0.1, -0.05) is 36.2 Å². The molecule has 0 unspecified atom stereocenters. The zero-order valence-corrected chi connectivity index (χ0v) is 21.9. The number of nitrogens with zero attached hydrogens (tertiary/aromatic N) is 4. The summed E-state index contributed by atoms with van der Waals surface area (Å²) in [6.45, 7) is 5.71. The van der Waals surface area contributed by atoms with E-state index in [4.69, 9.17) is 27.9 Å². The van der Waals surface area contributed by atoms with Crippen LogP contribution in [0.1, 0.15) is 62.4 Å². The summed E-state index contributed by atoms with van der Waals surface area (Å²) in [5, 5.41) is 5.39. The summed E-state index contributed by atoms with van der Waals surface area (Å²) in [6.07, 6.45) is 7.79. The van der Waals surface area contributed by atoms with Crippen molar-refractivity contribution >= 4 is 35.0 Å². The lowest BCUT2D eigenvalue weighted by Crippen LogP contribution is -2.51. The number of aromatic nitrogens is 2. The number of halogens is 2. The zero-order chi connectivity index (χ0) is 24.8. The molecular formula is C26H34Cl2N4O3. The van der Waals surface area contributed by atoms with E-state index < -0.39 is 5.41 Å². The van der Waals surface area contributed by atoms with E-state index in [9.17, 15) is 9.59 Å². The van der Waals surface area contributed by atoms with Gasteiger partial charge < -0.3 is 14.5 Å². The van der Waals surface area contributed by atoms with E-state index >= 15 is 0 Å². The Morgan fingerprint density at radius 2 is 1.86 bits per heavy atom. The van der Waals surface area contributed by atoms with Crippen molar-refractivity contribution in [2.24, 2.45) is 5.41 Å². The molecule has 0 N–H and O–H groups in total. The fourth-order valence-electron chi connectivity index (χ4n) is 5.10. The van der Waals surface area contributed by atoms with Crippen LogP contribution in [-0.4, -0.2) is 64.2 Å². The predicted molar refractivity (Wildman–Crippen MR) is 137 cm³/mol. The molecule has 1 atom stereocenters. The monoisotopic (exact) mass is 520 g/mol. The van der Waals surface area contributed by atoms with Crippen LogP contribution in [0.25, 0.3) is 0 Å². The van der Waals surface area contributed by atoms with E-state index in [0.717, 1.165) is 45.2 Å². The van der Waals surface area contributed by atoms with Crippen molar-refractivity contribution in [2.75, 3.05) is 32.8 Å². The normalized spacial score (nSPS) is 20.7. The number of benzene rings is 1. The van der Waals surface area contributed by atoms with Gasteiger partial charge >= 0.3 is 0 Å². The number of piperidine rings is 2. The van der Waals surface area contributed by atoms with Gasteiger partial charge in [-0.25, -0.2) is 0 Å². The molecule has 190 valence electrons. The van der Waals surface area contributed by atoms with Gasteiger partial charge in [0.05, 0.1) is 11.6 Å². The highest BCUT2D eigenvalue weighted by Crippen LogP contribution is 2.36. The molecule has 2 aliphatic heterocycles. The Morgan fingerprint density at radius 1 is 1.09 bits per heavy atom. The minimum absolute atomic E-state index is 0.138. The van der Waals surface area contributed by atoms with Crippen LogP contribution in [0, 0.1) is 5.41 Å². The molecular weight excluding hydrogens is 487 g/mol. The molecule has 1 aromatic carbocycles. The number of likely N-dealkylation sites (tertiary alicyclic amines) is 2. The first-order valence-electron chi connectivity index (χ1n) is 12.6. The first-order valence-corrected chi connectivity index (χ1v) is 13.3. The fraction of sp³-hybridized carbons (Fsp3) is 0.577. The van der Waals surface area contributed by atoms with E-state index in [1.807, 2.05) is 17.0 Å². The predicted octanol–water partition coefficient (Wildman–Crippen LogP) is 5.30. The molecule has 0 aliphatic carbocycles. The summed E-state index contributed by atoms with van der Waals surface area (Å²) in [5.41, 5.74) is -0.225. The second kappa shape index (κ2) is 11.7. The first kappa shape index (κ1) is 25.8. The molecule has 0 spiro atoms. The van der Waals surface area contributed by atoms with Gasteiger partial charge in [0.2, 0.25) is 5.91 Å². The van der Waals surface area contributed by atoms with Crippen molar-refractivity contribution in [3.63, 3.8) is 0 Å². The van der Waals surface area contributed by atoms with E-state index in [2.05, 4.69) is 12.0 Å². The third-order valence-electron chi connectivity index (χ3n) is 6.90. The maximum absolute atomic E-state index is 13.4. The lowest BCUT2D eigenvalue weighted by atomic mass is 9.77. The van der Waals surface area contributed by atoms with Gasteiger partial charge in [-0.15, -0.1) is 0 Å². The highest BCUT2D eigenvalue weighted by Gasteiger charge is 2.41. The van der Waals surface area contributed by atoms with E-state index in [0.29, 0.717) is 48.5 Å². The molecule has 2 saturated heterocycles. The Labute approximate surface area is 217 Å². The van der Waals surface area contributed by atoms with Crippen molar-refractivity contribution in [1.82, 2.24) is 19.6 Å². The molecule has 7 nitrogen and oxygen atoms in total. The molecule has 0 radical (unpaired) electrons. The summed E-state index contributed by atoms with van der Waals surface area (Å²) >= 11 is 12.5. The van der Waals surface area contributed by atoms with Crippen LogP contribution in [0.4, 0.5) is 0 Å². The number of carbonyl (C=O) groups is 2. The van der Waals surface area contributed by atoms with Crippen molar-refractivity contribution in [2.45, 2.75) is 58.4 Å². The quantitative estimate of drug-likeness (QED) is 0.473. The number of aryl methyl sites for hydroxylation is 1. The van der Waals surface area contributed by atoms with E-state index in [-0.39, 0.29) is 17.5 Å². The van der Waals surface area contributed by atoms with Crippen molar-refractivity contribution in [3.8, 4) is 5.75 Å². The standard InChI is InChI=1S/C26H34Cl2N4O3/c1-2-11-32-17-22(28)24(29-32)25(34)31-14-7-10-26(18-31,16-23(33)30-12-4-3-5-13-30)19-35-21-9-6-8-20(27)15-21/h6,8-9,15,17H,2-5,7,10-14,16,18-19H2,1H3/t26-/m1/s1. The van der Waals surface area contributed by atoms with Crippen molar-refractivity contribution < 1.29 is 14.3 Å². The molecule has 2 fully saturated rings. The maximum Gasteiger partial charge on any atom is 0.275 e. The third kappa shape index (κ3) is 6.50. The molecule has 9 heteroatoms. The highest BCUT2D eigenvalue weighted by atomic mass is 35.5. The van der Waals surface area contributed by atoms with Crippen LogP contribution < -0.4 is 4.74 Å². The van der Waals surface area contributed by atoms with Crippen LogP contribution in [0.2, 0.25) is 10.0 Å². The van der Waals surface area contributed by atoms with Gasteiger partial charge in [0, 0.05) is 55.8 Å². The topological polar surface area (TPSA) is 67.7 Å². The number of carbonyl (C=O) groups excluding carboxylic acids is 2. The molecule has 3 heterocycles. The zero-order valence-electron chi connectivity index (χ0n) is 20.3. The summed E-state index contributed by atoms with van der Waals surface area (Å²) in [6, 6.07) is 7.27. The van der Waals surface area contributed by atoms with Crippen molar-refractivity contribution in [1.29, 1.82) is 0 Å². The van der Waals surface area contributed by atoms with Gasteiger partial charge in [0.15, 0.2) is 5.69 Å². The second-order valence-electron chi connectivity index (χ2n) is 9.78. The van der Waals surface area contributed by atoms with Crippen LogP contribution in [0.15, 0.2) is 30.5 Å². The minimum Gasteiger partial charge on any atom is -0.493 e. The van der Waals surface area contributed by atoms with Crippen LogP contribution in [-0.2, 0) is 11.3 Å². The molecule has 4 rings (SSSR count). The number of hydrogen-bond acceptors (Lipinski definition) is 4. The third-order valence-corrected chi connectivity index (χ3v) is 7.41. The fourth-order valence-corrected chi connectivity index (χ4v) is 5.51. The summed E-state index contributed by atoms with van der Waals surface area (Å²) in [7, 11) is 0. The largest absolute Gasteiger partial charge is 0.493 e. The van der Waals surface area contributed by atoms with Gasteiger partial charge in [-0.05, 0) is 56.7 Å². The van der Waals surface area contributed by atoms with Gasteiger partial charge in [0.1, 0.15) is 5.75 Å². The molecule has 0 bridgehead atoms. The molecule has 1 aromatic heterocycles. The number of amides is 2. The smallest absolute Gasteiger partial charge is 0.275 e. The molecule has 2 aromatic rings. The Morgan fingerprint density at radius 3 is 2.60 bits per heavy atom. The minimum atomic E-state index is -0.497. The van der Waals surface area contributed by atoms with Crippen LogP contribution in [0.5, 0.6) is 5.75 Å².